The van der Waals surface area contributed by atoms with E-state index in [0.717, 1.165) is 43.7 Å². The smallest absolute Gasteiger partial charge is 0.223 e. The molecule has 0 radical (unpaired) electrons. The van der Waals surface area contributed by atoms with Crippen molar-refractivity contribution in [2.45, 2.75) is 39.2 Å². The minimum atomic E-state index is -0.354. The van der Waals surface area contributed by atoms with E-state index in [-0.39, 0.29) is 12.3 Å². The molecule has 0 aliphatic rings. The highest BCUT2D eigenvalue weighted by atomic mass is 16.1. The lowest BCUT2D eigenvalue weighted by molar-refractivity contribution is -0.117. The number of amides is 1. The summed E-state index contributed by atoms with van der Waals surface area (Å²) in [5.74, 6) is -0.354. The van der Waals surface area contributed by atoms with E-state index in [9.17, 15) is 4.79 Å². The van der Waals surface area contributed by atoms with E-state index in [1.807, 2.05) is 18.8 Å². The molecule has 1 aromatic heterocycles. The highest BCUT2D eigenvalue weighted by Gasteiger charge is 2.13. The predicted molar refractivity (Wildman–Crippen MR) is 70.1 cm³/mol. The van der Waals surface area contributed by atoms with Gasteiger partial charge in [0.2, 0.25) is 5.91 Å². The summed E-state index contributed by atoms with van der Waals surface area (Å²) in [7, 11) is 4.10. The van der Waals surface area contributed by atoms with Crippen molar-refractivity contribution in [1.29, 1.82) is 0 Å². The van der Waals surface area contributed by atoms with Gasteiger partial charge in [0.25, 0.3) is 0 Å². The van der Waals surface area contributed by atoms with Gasteiger partial charge in [-0.2, -0.15) is 0 Å². The first-order chi connectivity index (χ1) is 8.54. The molecule has 1 amide bonds. The van der Waals surface area contributed by atoms with Gasteiger partial charge in [0.05, 0.1) is 17.8 Å². The van der Waals surface area contributed by atoms with Gasteiger partial charge in [-0.1, -0.05) is 18.6 Å². The molecule has 6 nitrogen and oxygen atoms in total. The van der Waals surface area contributed by atoms with Crippen LogP contribution in [0, 0.1) is 0 Å². The van der Waals surface area contributed by atoms with Gasteiger partial charge in [-0.25, -0.2) is 4.68 Å². The molecule has 0 spiro atoms. The molecule has 0 unspecified atom stereocenters. The number of hydrogen-bond donors (Lipinski definition) is 1. The van der Waals surface area contributed by atoms with Crippen LogP contribution in [0.15, 0.2) is 0 Å². The van der Waals surface area contributed by atoms with Crippen LogP contribution in [0.1, 0.15) is 31.2 Å². The second kappa shape index (κ2) is 7.10. The van der Waals surface area contributed by atoms with Crippen molar-refractivity contribution in [2.75, 3.05) is 20.6 Å². The van der Waals surface area contributed by atoms with Crippen LogP contribution in [-0.4, -0.2) is 46.4 Å². The average Bonchev–Trinajstić information content (AvgIpc) is 2.61. The lowest BCUT2D eigenvalue weighted by Gasteiger charge is -2.10. The summed E-state index contributed by atoms with van der Waals surface area (Å²) in [5, 5.41) is 8.20. The predicted octanol–water partition coefficient (Wildman–Crippen LogP) is 0.210. The normalized spacial score (nSPS) is 11.1. The molecule has 18 heavy (non-hydrogen) atoms. The van der Waals surface area contributed by atoms with Gasteiger partial charge in [0.15, 0.2) is 0 Å². The molecule has 0 aliphatic carbocycles. The van der Waals surface area contributed by atoms with Crippen molar-refractivity contribution >= 4 is 5.91 Å². The van der Waals surface area contributed by atoms with Crippen LogP contribution in [0.5, 0.6) is 0 Å². The van der Waals surface area contributed by atoms with Gasteiger partial charge in [-0.05, 0) is 33.5 Å². The molecule has 0 aliphatic heterocycles. The number of primary amides is 1. The molecule has 1 aromatic rings. The Balaban J connectivity index is 2.71. The van der Waals surface area contributed by atoms with Crippen LogP contribution in [0.3, 0.4) is 0 Å². The van der Waals surface area contributed by atoms with Gasteiger partial charge in [-0.3, -0.25) is 4.79 Å². The van der Waals surface area contributed by atoms with Crippen molar-refractivity contribution in [3.05, 3.63) is 11.4 Å². The molecule has 2 N–H and O–H groups in total. The van der Waals surface area contributed by atoms with Gasteiger partial charge in [0, 0.05) is 6.54 Å². The highest BCUT2D eigenvalue weighted by Crippen LogP contribution is 2.10. The highest BCUT2D eigenvalue weighted by molar-refractivity contribution is 5.76. The maximum absolute atomic E-state index is 11.0. The Hall–Kier alpha value is -1.43. The lowest BCUT2D eigenvalue weighted by atomic mass is 10.1. The van der Waals surface area contributed by atoms with E-state index in [1.54, 1.807) is 0 Å². The number of nitrogens with zero attached hydrogens (tertiary/aromatic N) is 4. The average molecular weight is 253 g/mol. The zero-order valence-corrected chi connectivity index (χ0v) is 11.5. The Labute approximate surface area is 108 Å². The second-order valence-electron chi connectivity index (χ2n) is 4.76. The molecule has 0 fully saturated rings. The molecule has 1 rings (SSSR count). The summed E-state index contributed by atoms with van der Waals surface area (Å²) < 4.78 is 1.91. The maximum Gasteiger partial charge on any atom is 0.223 e. The fraction of sp³-hybridized carbons (Fsp3) is 0.750. The Bertz CT molecular complexity index is 386. The molecular weight excluding hydrogens is 230 g/mol. The van der Waals surface area contributed by atoms with Crippen molar-refractivity contribution in [2.24, 2.45) is 5.73 Å². The minimum Gasteiger partial charge on any atom is -0.369 e. The lowest BCUT2D eigenvalue weighted by Crippen LogP contribution is -2.17. The van der Waals surface area contributed by atoms with Crippen LogP contribution in [0.4, 0.5) is 0 Å². The number of rotatable bonds is 8. The fourth-order valence-electron chi connectivity index (χ4n) is 1.90. The van der Waals surface area contributed by atoms with E-state index in [0.29, 0.717) is 0 Å². The third kappa shape index (κ3) is 4.44. The Morgan fingerprint density at radius 2 is 2.17 bits per heavy atom. The van der Waals surface area contributed by atoms with Crippen molar-refractivity contribution in [3.8, 4) is 0 Å². The minimum absolute atomic E-state index is 0.184. The quantitative estimate of drug-likeness (QED) is 0.718. The first-order valence-corrected chi connectivity index (χ1v) is 6.38. The molecule has 1 heterocycles. The van der Waals surface area contributed by atoms with Crippen LogP contribution in [0.25, 0.3) is 0 Å². The van der Waals surface area contributed by atoms with E-state index in [1.165, 1.54) is 0 Å². The summed E-state index contributed by atoms with van der Waals surface area (Å²) in [6.07, 6.45) is 3.09. The fourth-order valence-corrected chi connectivity index (χ4v) is 1.90. The third-order valence-corrected chi connectivity index (χ3v) is 2.72. The SMILES string of the molecule is CCCc1c(CC(N)=O)nnn1CCCN(C)C. The third-order valence-electron chi connectivity index (χ3n) is 2.72. The largest absolute Gasteiger partial charge is 0.369 e. The summed E-state index contributed by atoms with van der Waals surface area (Å²) in [4.78, 5) is 13.1. The van der Waals surface area contributed by atoms with Crippen molar-refractivity contribution in [3.63, 3.8) is 0 Å². The standard InChI is InChI=1S/C12H23N5O/c1-4-6-11-10(9-12(13)18)14-15-17(11)8-5-7-16(2)3/h4-9H2,1-3H3,(H2,13,18). The first-order valence-electron chi connectivity index (χ1n) is 6.38. The van der Waals surface area contributed by atoms with Gasteiger partial charge in [-0.15, -0.1) is 5.10 Å². The van der Waals surface area contributed by atoms with E-state index in [4.69, 9.17) is 5.73 Å². The summed E-state index contributed by atoms with van der Waals surface area (Å²) in [6, 6.07) is 0. The zero-order valence-electron chi connectivity index (χ0n) is 11.5. The summed E-state index contributed by atoms with van der Waals surface area (Å²) >= 11 is 0. The number of nitrogens with two attached hydrogens (primary N) is 1. The van der Waals surface area contributed by atoms with Gasteiger partial charge in [0.1, 0.15) is 0 Å². The van der Waals surface area contributed by atoms with Crippen LogP contribution >= 0.6 is 0 Å². The Morgan fingerprint density at radius 3 is 2.72 bits per heavy atom. The van der Waals surface area contributed by atoms with E-state index >= 15 is 0 Å². The molecule has 0 saturated heterocycles. The molecule has 0 saturated carbocycles. The second-order valence-corrected chi connectivity index (χ2v) is 4.76. The Morgan fingerprint density at radius 1 is 1.44 bits per heavy atom. The van der Waals surface area contributed by atoms with Crippen molar-refractivity contribution in [1.82, 2.24) is 19.9 Å². The molecular formula is C12H23N5O. The number of aryl methyl sites for hydroxylation is 1. The van der Waals surface area contributed by atoms with Crippen LogP contribution in [-0.2, 0) is 24.2 Å². The monoisotopic (exact) mass is 253 g/mol. The summed E-state index contributed by atoms with van der Waals surface area (Å²) in [5.41, 5.74) is 7.00. The number of carbonyl (C=O) groups is 1. The first kappa shape index (κ1) is 14.6. The zero-order chi connectivity index (χ0) is 13.5. The Kier molecular flexibility index (Phi) is 5.77. The van der Waals surface area contributed by atoms with Crippen LogP contribution < -0.4 is 5.73 Å². The number of aromatic nitrogens is 3. The van der Waals surface area contributed by atoms with Crippen LogP contribution in [0.2, 0.25) is 0 Å². The van der Waals surface area contributed by atoms with Crippen molar-refractivity contribution < 1.29 is 4.79 Å². The van der Waals surface area contributed by atoms with Gasteiger partial charge < -0.3 is 10.6 Å². The maximum atomic E-state index is 11.0. The molecule has 0 bridgehead atoms. The topological polar surface area (TPSA) is 77.0 Å². The molecule has 0 aromatic carbocycles. The number of hydrogen-bond acceptors (Lipinski definition) is 4. The van der Waals surface area contributed by atoms with E-state index in [2.05, 4.69) is 22.1 Å². The molecule has 102 valence electrons. The summed E-state index contributed by atoms with van der Waals surface area (Å²) in [6.45, 7) is 3.95. The molecule has 0 atom stereocenters. The van der Waals surface area contributed by atoms with Gasteiger partial charge >= 0.3 is 0 Å². The number of carbonyl (C=O) groups excluding carboxylic acids is 1. The van der Waals surface area contributed by atoms with E-state index < -0.39 is 0 Å². The molecule has 6 heteroatoms.